The minimum Gasteiger partial charge on any atom is -0.366 e. The van der Waals surface area contributed by atoms with E-state index < -0.39 is 5.91 Å². The third-order valence-corrected chi connectivity index (χ3v) is 4.90. The van der Waals surface area contributed by atoms with Crippen molar-refractivity contribution >= 4 is 11.8 Å². The van der Waals surface area contributed by atoms with E-state index in [0.717, 1.165) is 32.4 Å². The first kappa shape index (κ1) is 17.2. The molecule has 2 amide bonds. The maximum atomic E-state index is 12.6. The number of carbonyl (C=O) groups is 2. The van der Waals surface area contributed by atoms with Crippen molar-refractivity contribution in [2.75, 3.05) is 13.1 Å². The molecule has 0 atom stereocenters. The molecular weight excluding hydrogens is 316 g/mol. The standard InChI is InChI=1S/C19H24N4O2/c1-2-23-17(7-10-21-23)19(25)22-11-8-15(9-12-22)13-14-3-5-16(6-4-14)18(20)24/h3-7,10,15H,2,8-9,11-13H2,1H3,(H2,20,24). The molecule has 1 aliphatic rings. The molecule has 2 N–H and O–H groups in total. The van der Waals surface area contributed by atoms with Gasteiger partial charge in [0.05, 0.1) is 0 Å². The van der Waals surface area contributed by atoms with Gasteiger partial charge in [-0.25, -0.2) is 0 Å². The van der Waals surface area contributed by atoms with E-state index in [0.29, 0.717) is 23.7 Å². The van der Waals surface area contributed by atoms with E-state index in [-0.39, 0.29) is 5.91 Å². The van der Waals surface area contributed by atoms with Crippen molar-refractivity contribution in [2.24, 2.45) is 11.7 Å². The highest BCUT2D eigenvalue weighted by atomic mass is 16.2. The smallest absolute Gasteiger partial charge is 0.272 e. The van der Waals surface area contributed by atoms with Crippen LogP contribution in [-0.2, 0) is 13.0 Å². The molecule has 6 nitrogen and oxygen atoms in total. The van der Waals surface area contributed by atoms with Crippen LogP contribution in [0, 0.1) is 5.92 Å². The number of piperidine rings is 1. The van der Waals surface area contributed by atoms with E-state index >= 15 is 0 Å². The summed E-state index contributed by atoms with van der Waals surface area (Å²) in [6.07, 6.45) is 4.63. The molecule has 3 rings (SSSR count). The van der Waals surface area contributed by atoms with E-state index in [1.807, 2.05) is 24.0 Å². The maximum Gasteiger partial charge on any atom is 0.272 e. The number of aryl methyl sites for hydroxylation is 1. The lowest BCUT2D eigenvalue weighted by Gasteiger charge is -2.32. The monoisotopic (exact) mass is 340 g/mol. The van der Waals surface area contributed by atoms with Crippen LogP contribution in [0.1, 0.15) is 46.2 Å². The van der Waals surface area contributed by atoms with Crippen LogP contribution >= 0.6 is 0 Å². The highest BCUT2D eigenvalue weighted by Gasteiger charge is 2.25. The molecule has 0 spiro atoms. The van der Waals surface area contributed by atoms with E-state index in [2.05, 4.69) is 5.10 Å². The molecule has 0 radical (unpaired) electrons. The first-order valence-electron chi connectivity index (χ1n) is 8.78. The summed E-state index contributed by atoms with van der Waals surface area (Å²) < 4.78 is 1.74. The number of primary amides is 1. The second kappa shape index (κ2) is 7.51. The number of aromatic nitrogens is 2. The van der Waals surface area contributed by atoms with E-state index in [4.69, 9.17) is 5.73 Å². The first-order chi connectivity index (χ1) is 12.1. The fourth-order valence-electron chi connectivity index (χ4n) is 3.41. The van der Waals surface area contributed by atoms with Gasteiger partial charge in [-0.05, 0) is 55.9 Å². The van der Waals surface area contributed by atoms with Crippen LogP contribution in [0.3, 0.4) is 0 Å². The Hall–Kier alpha value is -2.63. The Kier molecular flexibility index (Phi) is 5.16. The van der Waals surface area contributed by atoms with Gasteiger partial charge in [0, 0.05) is 31.4 Å². The van der Waals surface area contributed by atoms with Crippen molar-refractivity contribution in [1.82, 2.24) is 14.7 Å². The lowest BCUT2D eigenvalue weighted by molar-refractivity contribution is 0.0678. The summed E-state index contributed by atoms with van der Waals surface area (Å²) in [4.78, 5) is 25.7. The molecule has 132 valence electrons. The van der Waals surface area contributed by atoms with Gasteiger partial charge < -0.3 is 10.6 Å². The van der Waals surface area contributed by atoms with Crippen LogP contribution in [0.2, 0.25) is 0 Å². The van der Waals surface area contributed by atoms with Crippen molar-refractivity contribution < 1.29 is 9.59 Å². The molecule has 2 heterocycles. The molecule has 25 heavy (non-hydrogen) atoms. The summed E-state index contributed by atoms with van der Waals surface area (Å²) >= 11 is 0. The fourth-order valence-corrected chi connectivity index (χ4v) is 3.41. The minimum absolute atomic E-state index is 0.0728. The second-order valence-corrected chi connectivity index (χ2v) is 6.53. The average Bonchev–Trinajstić information content (AvgIpc) is 3.11. The molecule has 1 saturated heterocycles. The number of nitrogens with zero attached hydrogens (tertiary/aromatic N) is 3. The predicted molar refractivity (Wildman–Crippen MR) is 95.2 cm³/mol. The topological polar surface area (TPSA) is 81.2 Å². The molecule has 0 saturated carbocycles. The SMILES string of the molecule is CCn1nccc1C(=O)N1CCC(Cc2ccc(C(N)=O)cc2)CC1. The summed E-state index contributed by atoms with van der Waals surface area (Å²) in [7, 11) is 0. The Morgan fingerprint density at radius 2 is 1.84 bits per heavy atom. The minimum atomic E-state index is -0.398. The van der Waals surface area contributed by atoms with Gasteiger partial charge in [0.15, 0.2) is 0 Å². The quantitative estimate of drug-likeness (QED) is 0.905. The van der Waals surface area contributed by atoms with Crippen molar-refractivity contribution in [3.05, 3.63) is 53.3 Å². The number of carbonyl (C=O) groups excluding carboxylic acids is 2. The van der Waals surface area contributed by atoms with Crippen LogP contribution in [-0.4, -0.2) is 39.6 Å². The Bertz CT molecular complexity index is 743. The molecule has 0 unspecified atom stereocenters. The molecule has 0 bridgehead atoms. The van der Waals surface area contributed by atoms with Crippen LogP contribution in [0.4, 0.5) is 0 Å². The summed E-state index contributed by atoms with van der Waals surface area (Å²) in [5, 5.41) is 4.18. The van der Waals surface area contributed by atoms with E-state index in [9.17, 15) is 9.59 Å². The number of hydrogen-bond donors (Lipinski definition) is 1. The predicted octanol–water partition coefficient (Wildman–Crippen LogP) is 2.10. The summed E-state index contributed by atoms with van der Waals surface area (Å²) in [6.45, 7) is 4.24. The normalized spacial score (nSPS) is 15.3. The third kappa shape index (κ3) is 3.90. The van der Waals surface area contributed by atoms with Crippen molar-refractivity contribution in [2.45, 2.75) is 32.7 Å². The van der Waals surface area contributed by atoms with Gasteiger partial charge in [-0.1, -0.05) is 12.1 Å². The average molecular weight is 340 g/mol. The zero-order chi connectivity index (χ0) is 17.8. The zero-order valence-electron chi connectivity index (χ0n) is 14.5. The Morgan fingerprint density at radius 3 is 2.44 bits per heavy atom. The van der Waals surface area contributed by atoms with Crippen molar-refractivity contribution in [1.29, 1.82) is 0 Å². The van der Waals surface area contributed by atoms with Crippen molar-refractivity contribution in [3.8, 4) is 0 Å². The van der Waals surface area contributed by atoms with E-state index in [1.165, 1.54) is 5.56 Å². The molecule has 6 heteroatoms. The van der Waals surface area contributed by atoms with Crippen LogP contribution in [0.25, 0.3) is 0 Å². The summed E-state index contributed by atoms with van der Waals surface area (Å²) in [5.74, 6) is 0.230. The third-order valence-electron chi connectivity index (χ3n) is 4.90. The highest BCUT2D eigenvalue weighted by Crippen LogP contribution is 2.23. The molecule has 1 aromatic carbocycles. The number of rotatable bonds is 5. The van der Waals surface area contributed by atoms with Gasteiger partial charge in [-0.3, -0.25) is 14.3 Å². The highest BCUT2D eigenvalue weighted by molar-refractivity contribution is 5.93. The van der Waals surface area contributed by atoms with Gasteiger partial charge in [0.25, 0.3) is 5.91 Å². The van der Waals surface area contributed by atoms with Gasteiger partial charge in [-0.2, -0.15) is 5.10 Å². The van der Waals surface area contributed by atoms with Gasteiger partial charge >= 0.3 is 0 Å². The molecule has 1 aromatic heterocycles. The van der Waals surface area contributed by atoms with Gasteiger partial charge in [0.2, 0.25) is 5.91 Å². The van der Waals surface area contributed by atoms with Crippen molar-refractivity contribution in [3.63, 3.8) is 0 Å². The van der Waals surface area contributed by atoms with Gasteiger partial charge in [0.1, 0.15) is 5.69 Å². The molecular formula is C19H24N4O2. The largest absolute Gasteiger partial charge is 0.366 e. The maximum absolute atomic E-state index is 12.6. The fraction of sp³-hybridized carbons (Fsp3) is 0.421. The number of benzene rings is 1. The second-order valence-electron chi connectivity index (χ2n) is 6.53. The lowest BCUT2D eigenvalue weighted by atomic mass is 9.90. The zero-order valence-corrected chi connectivity index (χ0v) is 14.5. The number of likely N-dealkylation sites (tertiary alicyclic amines) is 1. The van der Waals surface area contributed by atoms with Crippen LogP contribution < -0.4 is 5.73 Å². The summed E-state index contributed by atoms with van der Waals surface area (Å²) in [6, 6.07) is 9.29. The van der Waals surface area contributed by atoms with Gasteiger partial charge in [-0.15, -0.1) is 0 Å². The molecule has 1 aliphatic heterocycles. The Balaban J connectivity index is 1.55. The number of amides is 2. The first-order valence-corrected chi connectivity index (χ1v) is 8.78. The molecule has 0 aliphatic carbocycles. The van der Waals surface area contributed by atoms with E-state index in [1.54, 1.807) is 29.1 Å². The Labute approximate surface area is 147 Å². The van der Waals surface area contributed by atoms with Crippen LogP contribution in [0.5, 0.6) is 0 Å². The Morgan fingerprint density at radius 1 is 1.16 bits per heavy atom. The summed E-state index contributed by atoms with van der Waals surface area (Å²) in [5.41, 5.74) is 7.69. The molecule has 2 aromatic rings. The number of hydrogen-bond acceptors (Lipinski definition) is 3. The molecule has 1 fully saturated rings. The van der Waals surface area contributed by atoms with Crippen LogP contribution in [0.15, 0.2) is 36.5 Å². The lowest BCUT2D eigenvalue weighted by Crippen LogP contribution is -2.39. The number of nitrogens with two attached hydrogens (primary N) is 1.